The third kappa shape index (κ3) is 19.1. The molecular formula is C96H104F2N18O8S. The molecule has 4 aromatic carbocycles. The fraction of sp³-hybridized carbons (Fsp3) is 0.375. The number of alkyl halides is 1. The van der Waals surface area contributed by atoms with Gasteiger partial charge in [-0.1, -0.05) is 67.9 Å². The fourth-order valence-electron chi connectivity index (χ4n) is 18.7. The van der Waals surface area contributed by atoms with E-state index in [4.69, 9.17) is 15.9 Å². The number of carbonyl (C=O) groups excluding carboxylic acids is 6. The van der Waals surface area contributed by atoms with Gasteiger partial charge in [0.15, 0.2) is 5.67 Å². The summed E-state index contributed by atoms with van der Waals surface area (Å²) in [5, 5.41) is 36.6. The number of aromatic amines is 3. The van der Waals surface area contributed by atoms with E-state index in [-0.39, 0.29) is 67.2 Å². The lowest BCUT2D eigenvalue weighted by atomic mass is 9.81. The first-order valence-corrected chi connectivity index (χ1v) is 43.9. The number of rotatable bonds is 24. The molecule has 5 fully saturated rings. The highest BCUT2D eigenvalue weighted by Crippen LogP contribution is 2.43. The molecule has 3 atom stereocenters. The van der Waals surface area contributed by atoms with Crippen molar-refractivity contribution in [3.8, 4) is 57.9 Å². The summed E-state index contributed by atoms with van der Waals surface area (Å²) in [5.74, 6) is 3.80. The van der Waals surface area contributed by atoms with Crippen molar-refractivity contribution in [1.29, 1.82) is 0 Å². The van der Waals surface area contributed by atoms with Crippen LogP contribution < -0.4 is 25.4 Å². The summed E-state index contributed by atoms with van der Waals surface area (Å²) in [6.45, 7) is 13.8. The summed E-state index contributed by atoms with van der Waals surface area (Å²) >= 11 is 1.30. The summed E-state index contributed by atoms with van der Waals surface area (Å²) in [5.41, 5.74) is 9.47. The van der Waals surface area contributed by atoms with Gasteiger partial charge in [0.05, 0.1) is 66.9 Å². The van der Waals surface area contributed by atoms with Crippen LogP contribution in [0.5, 0.6) is 11.8 Å². The zero-order valence-corrected chi connectivity index (χ0v) is 71.5. The van der Waals surface area contributed by atoms with Gasteiger partial charge in [-0.25, -0.2) is 23.7 Å². The van der Waals surface area contributed by atoms with Gasteiger partial charge in [-0.2, -0.15) is 15.3 Å². The van der Waals surface area contributed by atoms with Crippen molar-refractivity contribution in [3.63, 3.8) is 0 Å². The van der Waals surface area contributed by atoms with E-state index < -0.39 is 21.9 Å². The predicted molar refractivity (Wildman–Crippen MR) is 481 cm³/mol. The molecule has 125 heavy (non-hydrogen) atoms. The van der Waals surface area contributed by atoms with Crippen LogP contribution in [0.15, 0.2) is 199 Å². The zero-order chi connectivity index (χ0) is 86.8. The molecule has 0 saturated carbocycles. The number of hydrogen-bond acceptors (Lipinski definition) is 18. The van der Waals surface area contributed by atoms with Crippen molar-refractivity contribution >= 4 is 96.6 Å². The molecule has 6 aliphatic heterocycles. The number of pyridine rings is 2. The first-order chi connectivity index (χ1) is 60.7. The summed E-state index contributed by atoms with van der Waals surface area (Å²) in [6, 6.07) is 30.4. The van der Waals surface area contributed by atoms with Crippen LogP contribution in [-0.4, -0.2) is 223 Å². The molecule has 3 unspecified atom stereocenters. The number of H-pyrrole nitrogens is 3. The average molecular weight is 1710 g/mol. The molecule has 26 nitrogen and oxygen atoms in total. The Kier molecular flexibility index (Phi) is 26.0. The van der Waals surface area contributed by atoms with Gasteiger partial charge in [0, 0.05) is 164 Å². The second kappa shape index (κ2) is 37.8. The Labute approximate surface area is 728 Å². The molecule has 0 spiro atoms. The molecule has 6 N–H and O–H groups in total. The van der Waals surface area contributed by atoms with E-state index in [1.165, 1.54) is 40.2 Å². The normalized spacial score (nSPS) is 20.8. The van der Waals surface area contributed by atoms with Crippen molar-refractivity contribution in [2.24, 2.45) is 22.2 Å². The standard InChI is InChI=1S/C33H40N6O3.C33H36N6O3.C30H28F2N6O2S/c2*1-3-13-33(14-18-38(22-33)21-30(40)39-16-11-24(12-17-39)23-6-4-5-7-23)32(41)35-26-8-9-28-27(20-26)31(37-36-28)25-10-15-34-29(19-25)42-2;1-2-29(9-13-37(19-29)18-25(39)38-14-10-30(32,11-15-38)28-33-12-16-41-28)27(40)34-22-7-8-24-23(17-22)26(36-35-24)20-3-5-21(31)6-4-20/h4,6-10,15,19-20,24H,3,5,11-14,16-18,21-22H2,1-2H3,(H,35,41)(H,36,37);3-4,6-11,15,19-20H,1,5,12-14,16-18,21-22H2,2H3,(H,35,41)(H,36,37);1,3-8,12,16-17H,9-11,13-15,18-19H2,(H,34,40)(H,35,36). The van der Waals surface area contributed by atoms with Crippen molar-refractivity contribution in [2.45, 2.75) is 96.1 Å². The number of fused-ring (bicyclic) bond motifs is 3. The zero-order valence-electron chi connectivity index (χ0n) is 70.7. The van der Waals surface area contributed by atoms with E-state index in [9.17, 15) is 33.2 Å². The molecule has 8 aliphatic rings. The number of nitrogens with one attached hydrogen (secondary N) is 6. The number of methoxy groups -OCH3 is 2. The van der Waals surface area contributed by atoms with Crippen molar-refractivity contribution in [1.82, 2.24) is 74.9 Å². The predicted octanol–water partition coefficient (Wildman–Crippen LogP) is 14.7. The Hall–Kier alpha value is -12.6. The first kappa shape index (κ1) is 85.9. The Bertz CT molecular complexity index is 5890. The minimum atomic E-state index is -1.49. The molecule has 5 saturated heterocycles. The number of benzene rings is 4. The van der Waals surface area contributed by atoms with E-state index >= 15 is 4.39 Å². The Morgan fingerprint density at radius 1 is 0.576 bits per heavy atom. The SMILES string of the molecule is C#CC1(C(=O)Nc2ccc3[nH]nc(-c4ccc(F)cc4)c3c2)CCN(CC(=O)N2CCC(F)(c3nccs3)CC2)C1.C=CCC1(C(=O)Nc2ccc3[nH]nc(-c4ccnc(OC)c4)c3c2)CCN(CC(=O)N2CC=C(C3=CCC=C3)CC2)C1.CCCC1(C(=O)Nc2ccc3[nH]nc(-c4ccnc(OC)c4)c3c2)CCN(CC(=O)N2CCC(C3=CCC=C3)CC2)C1. The Morgan fingerprint density at radius 3 is 1.61 bits per heavy atom. The van der Waals surface area contributed by atoms with E-state index in [0.29, 0.717) is 118 Å². The maximum Gasteiger partial charge on any atom is 0.244 e. The van der Waals surface area contributed by atoms with E-state index in [1.54, 1.807) is 61.3 Å². The number of terminal acetylenes is 1. The molecule has 29 heteroatoms. The van der Waals surface area contributed by atoms with Crippen LogP contribution in [-0.2, 0) is 34.4 Å². The number of ether oxygens (including phenoxy) is 2. The Morgan fingerprint density at radius 2 is 1.10 bits per heavy atom. The minimum absolute atomic E-state index is 0.0213. The smallest absolute Gasteiger partial charge is 0.244 e. The number of anilines is 3. The Balaban J connectivity index is 0.000000138. The molecule has 12 heterocycles. The first-order valence-electron chi connectivity index (χ1n) is 43.0. The minimum Gasteiger partial charge on any atom is -0.481 e. The van der Waals surface area contributed by atoms with Crippen molar-refractivity contribution < 1.29 is 47.0 Å². The van der Waals surface area contributed by atoms with Gasteiger partial charge >= 0.3 is 0 Å². The highest BCUT2D eigenvalue weighted by molar-refractivity contribution is 7.09. The second-order valence-electron chi connectivity index (χ2n) is 33.7. The van der Waals surface area contributed by atoms with E-state index in [1.807, 2.05) is 93.6 Å². The lowest BCUT2D eigenvalue weighted by Crippen LogP contribution is -2.47. The number of hydrogen-bond donors (Lipinski definition) is 6. The highest BCUT2D eigenvalue weighted by Gasteiger charge is 2.48. The van der Waals surface area contributed by atoms with Crippen LogP contribution in [0.25, 0.3) is 66.5 Å². The molecule has 0 radical (unpaired) electrons. The monoisotopic (exact) mass is 1710 g/mol. The van der Waals surface area contributed by atoms with Gasteiger partial charge in [-0.3, -0.25) is 58.8 Å². The second-order valence-corrected chi connectivity index (χ2v) is 34.6. The molecule has 6 amide bonds. The largest absolute Gasteiger partial charge is 0.481 e. The van der Waals surface area contributed by atoms with Crippen LogP contribution in [0.2, 0.25) is 0 Å². The number of piperidine rings is 2. The lowest BCUT2D eigenvalue weighted by Gasteiger charge is -2.36. The van der Waals surface area contributed by atoms with Gasteiger partial charge in [-0.05, 0) is 191 Å². The number of carbonyl (C=O) groups is 6. The van der Waals surface area contributed by atoms with Gasteiger partial charge in [-0.15, -0.1) is 24.3 Å². The maximum atomic E-state index is 15.3. The van der Waals surface area contributed by atoms with Crippen LogP contribution >= 0.6 is 11.3 Å². The number of amides is 6. The van der Waals surface area contributed by atoms with Gasteiger partial charge in [0.25, 0.3) is 0 Å². The van der Waals surface area contributed by atoms with E-state index in [0.717, 1.165) is 144 Å². The van der Waals surface area contributed by atoms with Crippen LogP contribution in [0, 0.1) is 40.3 Å². The molecule has 0 bridgehead atoms. The molecule has 646 valence electrons. The highest BCUT2D eigenvalue weighted by atomic mass is 32.1. The lowest BCUT2D eigenvalue weighted by molar-refractivity contribution is -0.135. The van der Waals surface area contributed by atoms with Gasteiger partial charge in [0.2, 0.25) is 47.2 Å². The van der Waals surface area contributed by atoms with Crippen molar-refractivity contribution in [2.75, 3.05) is 128 Å². The number of halogens is 2. The third-order valence-corrected chi connectivity index (χ3v) is 26.7. The number of likely N-dealkylation sites (tertiary alicyclic amines) is 5. The van der Waals surface area contributed by atoms with Crippen LogP contribution in [0.4, 0.5) is 25.8 Å². The molecule has 2 aliphatic carbocycles. The molecular weight excluding hydrogens is 1600 g/mol. The molecule has 6 aromatic heterocycles. The molecule has 10 aromatic rings. The maximum absolute atomic E-state index is 15.3. The van der Waals surface area contributed by atoms with E-state index in [2.05, 4.69) is 133 Å². The fourth-order valence-corrected chi connectivity index (χ4v) is 19.5. The topological polar surface area (TPSA) is 301 Å². The van der Waals surface area contributed by atoms with Crippen LogP contribution in [0.3, 0.4) is 0 Å². The summed E-state index contributed by atoms with van der Waals surface area (Å²) < 4.78 is 39.3. The van der Waals surface area contributed by atoms with Gasteiger partial charge < -0.3 is 40.1 Å². The number of allylic oxidation sites excluding steroid dienone is 9. The summed E-state index contributed by atoms with van der Waals surface area (Å²) in [4.78, 5) is 105. The average Bonchev–Trinajstić information content (AvgIpc) is 1.67. The number of aromatic nitrogens is 9. The summed E-state index contributed by atoms with van der Waals surface area (Å²) in [6.07, 6.45) is 37.7. The number of thiazole rings is 1. The van der Waals surface area contributed by atoms with Crippen LogP contribution in [0.1, 0.15) is 95.4 Å². The number of nitrogens with zero attached hydrogens (tertiary/aromatic N) is 12. The quantitative estimate of drug-likeness (QED) is 0.0242. The third-order valence-electron chi connectivity index (χ3n) is 25.8. The van der Waals surface area contributed by atoms with Gasteiger partial charge in [0.1, 0.15) is 27.6 Å². The summed E-state index contributed by atoms with van der Waals surface area (Å²) in [7, 11) is 3.17. The van der Waals surface area contributed by atoms with Crippen molar-refractivity contribution in [3.05, 3.63) is 210 Å². The molecule has 18 rings (SSSR count).